The van der Waals surface area contributed by atoms with Gasteiger partial charge < -0.3 is 9.84 Å². The standard InChI is InChI=1S/C28H22FN3O5S2/c1-16-21(14-30)25(34)32(15-18-5-9-20(37-2)10-6-18)27(36)24(16)22(33)11-12-31-26(35)23(39-28(31)38)13-17-3-7-19(29)8-4-17/h3-10,13,36H,11-12,15H2,1-2H3/b23-13-. The van der Waals surface area contributed by atoms with Gasteiger partial charge >= 0.3 is 0 Å². The molecule has 3 aromatic rings. The molecule has 0 radical (unpaired) electrons. The normalized spacial score (nSPS) is 14.1. The summed E-state index contributed by atoms with van der Waals surface area (Å²) in [5.41, 5.74) is 0.200. The van der Waals surface area contributed by atoms with Gasteiger partial charge in [-0.15, -0.1) is 0 Å². The Kier molecular flexibility index (Phi) is 8.28. The molecule has 0 unspecified atom stereocenters. The maximum Gasteiger partial charge on any atom is 0.271 e. The Labute approximate surface area is 232 Å². The van der Waals surface area contributed by atoms with Gasteiger partial charge in [-0.1, -0.05) is 48.2 Å². The molecule has 1 fully saturated rings. The smallest absolute Gasteiger partial charge is 0.271 e. The summed E-state index contributed by atoms with van der Waals surface area (Å²) >= 11 is 6.40. The zero-order valence-electron chi connectivity index (χ0n) is 20.9. The van der Waals surface area contributed by atoms with Gasteiger partial charge in [-0.3, -0.25) is 23.9 Å². The molecule has 0 spiro atoms. The van der Waals surface area contributed by atoms with Crippen LogP contribution < -0.4 is 10.3 Å². The van der Waals surface area contributed by atoms with E-state index in [2.05, 4.69) is 0 Å². The van der Waals surface area contributed by atoms with Gasteiger partial charge in [-0.25, -0.2) is 4.39 Å². The number of hydrogen-bond donors (Lipinski definition) is 1. The lowest BCUT2D eigenvalue weighted by Crippen LogP contribution is -2.31. The molecule has 1 aliphatic heterocycles. The largest absolute Gasteiger partial charge is 0.497 e. The third kappa shape index (κ3) is 5.77. The fourth-order valence-corrected chi connectivity index (χ4v) is 5.39. The number of pyridine rings is 1. The second kappa shape index (κ2) is 11.6. The molecule has 0 aliphatic carbocycles. The molecule has 198 valence electrons. The Bertz CT molecular complexity index is 1610. The van der Waals surface area contributed by atoms with E-state index in [0.29, 0.717) is 21.8 Å². The van der Waals surface area contributed by atoms with Crippen molar-refractivity contribution in [2.75, 3.05) is 13.7 Å². The van der Waals surface area contributed by atoms with Crippen molar-refractivity contribution >= 4 is 46.1 Å². The number of benzene rings is 2. The predicted molar refractivity (Wildman–Crippen MR) is 149 cm³/mol. The highest BCUT2D eigenvalue weighted by molar-refractivity contribution is 8.26. The highest BCUT2D eigenvalue weighted by Crippen LogP contribution is 2.33. The minimum atomic E-state index is -0.720. The fraction of sp³-hybridized carbons (Fsp3) is 0.179. The molecule has 0 atom stereocenters. The number of nitrogens with zero attached hydrogens (tertiary/aromatic N) is 3. The predicted octanol–water partition coefficient (Wildman–Crippen LogP) is 4.40. The summed E-state index contributed by atoms with van der Waals surface area (Å²) in [5, 5.41) is 20.6. The molecule has 39 heavy (non-hydrogen) atoms. The number of methoxy groups -OCH3 is 1. The van der Waals surface area contributed by atoms with Crippen molar-refractivity contribution < 1.29 is 23.8 Å². The van der Waals surface area contributed by atoms with Crippen LogP contribution in [0.15, 0.2) is 58.2 Å². The summed E-state index contributed by atoms with van der Waals surface area (Å²) in [6.07, 6.45) is 1.38. The molecule has 0 saturated carbocycles. The first-order valence-electron chi connectivity index (χ1n) is 11.7. The van der Waals surface area contributed by atoms with Crippen LogP contribution in [0.4, 0.5) is 4.39 Å². The van der Waals surface area contributed by atoms with Crippen molar-refractivity contribution in [3.8, 4) is 17.7 Å². The van der Waals surface area contributed by atoms with Gasteiger partial charge in [0, 0.05) is 13.0 Å². The van der Waals surface area contributed by atoms with Crippen molar-refractivity contribution in [1.29, 1.82) is 5.26 Å². The second-order valence-electron chi connectivity index (χ2n) is 8.61. The number of amides is 1. The highest BCUT2D eigenvalue weighted by Gasteiger charge is 2.33. The summed E-state index contributed by atoms with van der Waals surface area (Å²) in [6, 6.07) is 14.2. The number of ether oxygens (including phenoxy) is 1. The average Bonchev–Trinajstić information content (AvgIpc) is 3.18. The number of rotatable bonds is 8. The first-order valence-corrected chi connectivity index (χ1v) is 12.9. The van der Waals surface area contributed by atoms with Gasteiger partial charge in [0.05, 0.1) is 24.1 Å². The Morgan fingerprint density at radius 1 is 1.18 bits per heavy atom. The van der Waals surface area contributed by atoms with E-state index in [1.165, 1.54) is 43.2 Å². The molecular formula is C28H22FN3O5S2. The molecule has 2 heterocycles. The molecular weight excluding hydrogens is 541 g/mol. The van der Waals surface area contributed by atoms with Crippen molar-refractivity contribution in [3.63, 3.8) is 0 Å². The van der Waals surface area contributed by atoms with E-state index in [1.807, 2.05) is 6.07 Å². The minimum absolute atomic E-state index is 0.0668. The van der Waals surface area contributed by atoms with Crippen LogP contribution in [0.25, 0.3) is 6.08 Å². The number of carbonyl (C=O) groups excluding carboxylic acids is 2. The lowest BCUT2D eigenvalue weighted by molar-refractivity contribution is -0.122. The van der Waals surface area contributed by atoms with E-state index in [9.17, 15) is 29.1 Å². The van der Waals surface area contributed by atoms with Gasteiger partial charge in [0.25, 0.3) is 11.5 Å². The van der Waals surface area contributed by atoms with Gasteiger partial charge in [0.15, 0.2) is 5.78 Å². The summed E-state index contributed by atoms with van der Waals surface area (Å²) in [6.45, 7) is 1.28. The first kappa shape index (κ1) is 27.8. The summed E-state index contributed by atoms with van der Waals surface area (Å²) in [4.78, 5) is 40.8. The summed E-state index contributed by atoms with van der Waals surface area (Å²) < 4.78 is 19.6. The average molecular weight is 564 g/mol. The monoisotopic (exact) mass is 563 g/mol. The van der Waals surface area contributed by atoms with E-state index in [4.69, 9.17) is 17.0 Å². The van der Waals surface area contributed by atoms with E-state index in [0.717, 1.165) is 16.3 Å². The van der Waals surface area contributed by atoms with Crippen LogP contribution in [0.1, 0.15) is 39.0 Å². The molecule has 11 heteroatoms. The Hall–Kier alpha value is -4.27. The molecule has 1 N–H and O–H groups in total. The molecule has 0 bridgehead atoms. The summed E-state index contributed by atoms with van der Waals surface area (Å²) in [7, 11) is 1.52. The number of Topliss-reactive ketones (excluding diaryl/α,β-unsaturated/α-hetero) is 1. The van der Waals surface area contributed by atoms with E-state index in [-0.39, 0.29) is 40.5 Å². The van der Waals surface area contributed by atoms with E-state index >= 15 is 0 Å². The zero-order valence-corrected chi connectivity index (χ0v) is 22.6. The number of aromatic hydroxyl groups is 1. The van der Waals surface area contributed by atoms with Crippen LogP contribution in [0, 0.1) is 24.1 Å². The van der Waals surface area contributed by atoms with E-state index < -0.39 is 28.9 Å². The molecule has 1 saturated heterocycles. The molecule has 1 amide bonds. The molecule has 2 aromatic carbocycles. The number of thioether (sulfide) groups is 1. The number of ketones is 1. The SMILES string of the molecule is COc1ccc(Cn2c(O)c(C(=O)CCN3C(=O)/C(=C/c4ccc(F)cc4)SC3=S)c(C)c(C#N)c2=O)cc1. The number of carbonyl (C=O) groups is 2. The van der Waals surface area contributed by atoms with Crippen molar-refractivity contribution in [3.05, 3.63) is 97.4 Å². The van der Waals surface area contributed by atoms with E-state index in [1.54, 1.807) is 30.3 Å². The van der Waals surface area contributed by atoms with Crippen LogP contribution in [-0.2, 0) is 11.3 Å². The first-order chi connectivity index (χ1) is 18.6. The Morgan fingerprint density at radius 2 is 1.85 bits per heavy atom. The fourth-order valence-electron chi connectivity index (χ4n) is 4.09. The third-order valence-corrected chi connectivity index (χ3v) is 7.56. The highest BCUT2D eigenvalue weighted by atomic mass is 32.2. The lowest BCUT2D eigenvalue weighted by Gasteiger charge is -2.17. The summed E-state index contributed by atoms with van der Waals surface area (Å²) in [5.74, 6) is -1.30. The van der Waals surface area contributed by atoms with Crippen molar-refractivity contribution in [2.45, 2.75) is 19.9 Å². The topological polar surface area (TPSA) is 113 Å². The van der Waals surface area contributed by atoms with Crippen LogP contribution in [0.5, 0.6) is 11.6 Å². The third-order valence-electron chi connectivity index (χ3n) is 6.18. The van der Waals surface area contributed by atoms with Gasteiger partial charge in [-0.05, 0) is 54.0 Å². The van der Waals surface area contributed by atoms with Crippen LogP contribution in [0.3, 0.4) is 0 Å². The van der Waals surface area contributed by atoms with Crippen LogP contribution in [0.2, 0.25) is 0 Å². The Balaban J connectivity index is 1.57. The number of hydrogen-bond acceptors (Lipinski definition) is 8. The molecule has 4 rings (SSSR count). The molecule has 1 aromatic heterocycles. The number of halogens is 1. The van der Waals surface area contributed by atoms with Crippen LogP contribution in [-0.4, -0.2) is 44.2 Å². The maximum atomic E-state index is 13.3. The van der Waals surface area contributed by atoms with Gasteiger partial charge in [0.1, 0.15) is 27.5 Å². The number of aromatic nitrogens is 1. The quantitative estimate of drug-likeness (QED) is 0.244. The number of thiocarbonyl (C=S) groups is 1. The maximum absolute atomic E-state index is 13.3. The van der Waals surface area contributed by atoms with Crippen LogP contribution >= 0.6 is 24.0 Å². The van der Waals surface area contributed by atoms with Gasteiger partial charge in [0.2, 0.25) is 5.88 Å². The van der Waals surface area contributed by atoms with Crippen molar-refractivity contribution in [1.82, 2.24) is 9.47 Å². The lowest BCUT2D eigenvalue weighted by atomic mass is 9.99. The molecule has 1 aliphatic rings. The minimum Gasteiger partial charge on any atom is -0.497 e. The van der Waals surface area contributed by atoms with Gasteiger partial charge in [-0.2, -0.15) is 5.26 Å². The molecule has 8 nitrogen and oxygen atoms in total. The second-order valence-corrected chi connectivity index (χ2v) is 10.3. The number of nitriles is 1. The van der Waals surface area contributed by atoms with Crippen molar-refractivity contribution in [2.24, 2.45) is 0 Å². The zero-order chi connectivity index (χ0) is 28.3. The Morgan fingerprint density at radius 3 is 2.46 bits per heavy atom.